The van der Waals surface area contributed by atoms with Gasteiger partial charge in [-0.05, 0) is 59.4 Å². The normalized spacial score (nSPS) is 18.2. The largest absolute Gasteiger partial charge is 0.338 e. The zero-order valence-electron chi connectivity index (χ0n) is 20.1. The lowest BCUT2D eigenvalue weighted by molar-refractivity contribution is 0.0703. The Morgan fingerprint density at radius 3 is 2.31 bits per heavy atom. The molecule has 1 saturated heterocycles. The van der Waals surface area contributed by atoms with Crippen molar-refractivity contribution in [3.8, 4) is 0 Å². The Kier molecular flexibility index (Phi) is 7.91. The molecular weight excluding hydrogens is 449 g/mol. The van der Waals surface area contributed by atoms with Crippen molar-refractivity contribution < 1.29 is 18.0 Å². The monoisotopic (exact) mass is 480 g/mol. The highest BCUT2D eigenvalue weighted by Gasteiger charge is 2.36. The first kappa shape index (κ1) is 25.0. The van der Waals surface area contributed by atoms with E-state index in [1.165, 1.54) is 18.2 Å². The lowest BCUT2D eigenvalue weighted by Gasteiger charge is -2.30. The fourth-order valence-electron chi connectivity index (χ4n) is 4.99. The maximum atomic E-state index is 13.8. The maximum absolute atomic E-state index is 13.8. The van der Waals surface area contributed by atoms with Crippen LogP contribution in [0.3, 0.4) is 0 Å². The number of likely N-dealkylation sites (tertiary alicyclic amines) is 1. The van der Waals surface area contributed by atoms with Gasteiger partial charge in [0.1, 0.15) is 5.82 Å². The van der Waals surface area contributed by atoms with E-state index in [9.17, 15) is 18.0 Å². The Morgan fingerprint density at radius 2 is 1.66 bits per heavy atom. The first-order valence-corrected chi connectivity index (χ1v) is 12.1. The van der Waals surface area contributed by atoms with E-state index in [0.717, 1.165) is 11.6 Å². The lowest BCUT2D eigenvalue weighted by atomic mass is 9.88. The van der Waals surface area contributed by atoms with Crippen molar-refractivity contribution in [3.05, 3.63) is 107 Å². The van der Waals surface area contributed by atoms with Gasteiger partial charge in [-0.25, -0.2) is 13.2 Å². The molecular formula is C29H31F3N2O. The standard InChI is InChI=1S/C29H31F3N2O/c1-20(2)15-34(29(35)23-6-4-3-5-7-23)18-24-17-33(16-21-8-13-27(31)28(32)14-21)19-26(24)22-9-11-25(30)12-10-22/h3-14,20,24,26H,15-19H2,1-2H3. The van der Waals surface area contributed by atoms with E-state index in [0.29, 0.717) is 49.8 Å². The van der Waals surface area contributed by atoms with E-state index in [-0.39, 0.29) is 23.6 Å². The summed E-state index contributed by atoms with van der Waals surface area (Å²) >= 11 is 0. The molecule has 35 heavy (non-hydrogen) atoms. The van der Waals surface area contributed by atoms with Crippen LogP contribution in [0.2, 0.25) is 0 Å². The topological polar surface area (TPSA) is 23.6 Å². The van der Waals surface area contributed by atoms with Crippen LogP contribution in [0.1, 0.15) is 41.3 Å². The molecule has 3 nitrogen and oxygen atoms in total. The Bertz CT molecular complexity index is 1130. The van der Waals surface area contributed by atoms with E-state index >= 15 is 0 Å². The molecule has 0 saturated carbocycles. The molecule has 1 amide bonds. The van der Waals surface area contributed by atoms with Crippen molar-refractivity contribution in [2.75, 3.05) is 26.2 Å². The smallest absolute Gasteiger partial charge is 0.253 e. The number of benzene rings is 3. The fraction of sp³-hybridized carbons (Fsp3) is 0.345. The van der Waals surface area contributed by atoms with E-state index < -0.39 is 11.6 Å². The molecule has 184 valence electrons. The number of hydrogen-bond acceptors (Lipinski definition) is 2. The summed E-state index contributed by atoms with van der Waals surface area (Å²) in [6.07, 6.45) is 0. The lowest BCUT2D eigenvalue weighted by Crippen LogP contribution is -2.39. The SMILES string of the molecule is CC(C)CN(CC1CN(Cc2ccc(F)c(F)c2)CC1c1ccc(F)cc1)C(=O)c1ccccc1. The van der Waals surface area contributed by atoms with Crippen LogP contribution in [0.15, 0.2) is 72.8 Å². The average molecular weight is 481 g/mol. The number of hydrogen-bond donors (Lipinski definition) is 0. The zero-order valence-corrected chi connectivity index (χ0v) is 20.1. The molecule has 2 atom stereocenters. The molecule has 3 aromatic rings. The molecule has 2 unspecified atom stereocenters. The van der Waals surface area contributed by atoms with Crippen LogP contribution in [0.4, 0.5) is 13.2 Å². The highest BCUT2D eigenvalue weighted by atomic mass is 19.2. The van der Waals surface area contributed by atoms with Gasteiger partial charge in [-0.1, -0.05) is 50.2 Å². The van der Waals surface area contributed by atoms with Crippen molar-refractivity contribution in [2.45, 2.75) is 26.3 Å². The quantitative estimate of drug-likeness (QED) is 0.388. The van der Waals surface area contributed by atoms with Crippen LogP contribution in [-0.4, -0.2) is 41.9 Å². The van der Waals surface area contributed by atoms with Crippen molar-refractivity contribution in [1.29, 1.82) is 0 Å². The van der Waals surface area contributed by atoms with Crippen LogP contribution in [0.25, 0.3) is 0 Å². The summed E-state index contributed by atoms with van der Waals surface area (Å²) in [6, 6.07) is 19.8. The number of nitrogens with zero attached hydrogens (tertiary/aromatic N) is 2. The second-order valence-corrected chi connectivity index (χ2v) is 9.83. The third-order valence-electron chi connectivity index (χ3n) is 6.55. The summed E-state index contributed by atoms with van der Waals surface area (Å²) in [6.45, 7) is 7.22. The number of carbonyl (C=O) groups excluding carboxylic acids is 1. The van der Waals surface area contributed by atoms with Crippen LogP contribution < -0.4 is 0 Å². The predicted molar refractivity (Wildman–Crippen MR) is 131 cm³/mol. The molecule has 1 fully saturated rings. The Balaban J connectivity index is 1.58. The second-order valence-electron chi connectivity index (χ2n) is 9.83. The highest BCUT2D eigenvalue weighted by Crippen LogP contribution is 2.35. The van der Waals surface area contributed by atoms with Gasteiger partial charge in [-0.3, -0.25) is 9.69 Å². The minimum Gasteiger partial charge on any atom is -0.338 e. The van der Waals surface area contributed by atoms with Crippen molar-refractivity contribution in [3.63, 3.8) is 0 Å². The van der Waals surface area contributed by atoms with E-state index in [1.807, 2.05) is 35.2 Å². The van der Waals surface area contributed by atoms with Gasteiger partial charge in [0.15, 0.2) is 11.6 Å². The van der Waals surface area contributed by atoms with Crippen LogP contribution >= 0.6 is 0 Å². The molecule has 0 radical (unpaired) electrons. The number of carbonyl (C=O) groups is 1. The molecule has 1 aliphatic heterocycles. The third kappa shape index (κ3) is 6.31. The van der Waals surface area contributed by atoms with Gasteiger partial charge in [-0.15, -0.1) is 0 Å². The summed E-state index contributed by atoms with van der Waals surface area (Å²) < 4.78 is 40.8. The predicted octanol–water partition coefficient (Wildman–Crippen LogP) is 6.12. The fourth-order valence-corrected chi connectivity index (χ4v) is 4.99. The summed E-state index contributed by atoms with van der Waals surface area (Å²) in [5, 5.41) is 0. The molecule has 0 N–H and O–H groups in total. The number of amides is 1. The molecule has 4 rings (SSSR count). The number of rotatable bonds is 8. The summed E-state index contributed by atoms with van der Waals surface area (Å²) in [5.74, 6) is -1.52. The van der Waals surface area contributed by atoms with Gasteiger partial charge in [-0.2, -0.15) is 0 Å². The maximum Gasteiger partial charge on any atom is 0.253 e. The van der Waals surface area contributed by atoms with Crippen molar-refractivity contribution in [1.82, 2.24) is 9.80 Å². The Labute approximate surface area is 205 Å². The first-order valence-electron chi connectivity index (χ1n) is 12.1. The molecule has 0 aromatic heterocycles. The zero-order chi connectivity index (χ0) is 24.9. The van der Waals surface area contributed by atoms with E-state index in [4.69, 9.17) is 0 Å². The molecule has 1 heterocycles. The van der Waals surface area contributed by atoms with Gasteiger partial charge in [0.05, 0.1) is 0 Å². The first-order chi connectivity index (χ1) is 16.8. The second kappa shape index (κ2) is 11.1. The van der Waals surface area contributed by atoms with Gasteiger partial charge < -0.3 is 4.90 Å². The summed E-state index contributed by atoms with van der Waals surface area (Å²) in [5.41, 5.74) is 2.37. The van der Waals surface area contributed by atoms with Crippen LogP contribution in [0, 0.1) is 29.3 Å². The van der Waals surface area contributed by atoms with E-state index in [2.05, 4.69) is 18.7 Å². The molecule has 1 aliphatic rings. The minimum atomic E-state index is -0.860. The average Bonchev–Trinajstić information content (AvgIpc) is 3.23. The summed E-state index contributed by atoms with van der Waals surface area (Å²) in [7, 11) is 0. The van der Waals surface area contributed by atoms with Crippen LogP contribution in [0.5, 0.6) is 0 Å². The van der Waals surface area contributed by atoms with Crippen LogP contribution in [-0.2, 0) is 6.54 Å². The number of halogens is 3. The van der Waals surface area contributed by atoms with Gasteiger partial charge in [0.25, 0.3) is 5.91 Å². The molecule has 0 bridgehead atoms. The van der Waals surface area contributed by atoms with Crippen molar-refractivity contribution >= 4 is 5.91 Å². The molecule has 0 aliphatic carbocycles. The van der Waals surface area contributed by atoms with Crippen molar-refractivity contribution in [2.24, 2.45) is 11.8 Å². The highest BCUT2D eigenvalue weighted by molar-refractivity contribution is 5.94. The van der Waals surface area contributed by atoms with Gasteiger partial charge in [0, 0.05) is 44.2 Å². The van der Waals surface area contributed by atoms with E-state index in [1.54, 1.807) is 18.2 Å². The third-order valence-corrected chi connectivity index (χ3v) is 6.55. The molecule has 6 heteroatoms. The molecule has 0 spiro atoms. The summed E-state index contributed by atoms with van der Waals surface area (Å²) in [4.78, 5) is 17.5. The van der Waals surface area contributed by atoms with Gasteiger partial charge in [0.2, 0.25) is 0 Å². The Morgan fingerprint density at radius 1 is 0.943 bits per heavy atom. The molecule has 3 aromatic carbocycles. The minimum absolute atomic E-state index is 0.00351. The Hall–Kier alpha value is -3.12. The van der Waals surface area contributed by atoms with Gasteiger partial charge >= 0.3 is 0 Å².